The number of aryl methyl sites for hydroxylation is 3. The smallest absolute Gasteiger partial charge is 0.337 e. The van der Waals surface area contributed by atoms with Gasteiger partial charge in [-0.1, -0.05) is 61.9 Å². The zero-order chi connectivity index (χ0) is 31.1. The molecule has 0 aliphatic carbocycles. The van der Waals surface area contributed by atoms with Gasteiger partial charge in [0.25, 0.3) is 0 Å². The zero-order valence-corrected chi connectivity index (χ0v) is 27.4. The number of nitrogens with zero attached hydrogens (tertiary/aromatic N) is 3. The third kappa shape index (κ3) is 7.13. The Hall–Kier alpha value is -3.22. The van der Waals surface area contributed by atoms with Crippen LogP contribution in [0.2, 0.25) is 0 Å². The van der Waals surface area contributed by atoms with Gasteiger partial charge in [-0.3, -0.25) is 9.88 Å². The lowest BCUT2D eigenvalue weighted by atomic mass is 9.81. The third-order valence-electron chi connectivity index (χ3n) is 9.08. The van der Waals surface area contributed by atoms with E-state index in [9.17, 15) is 9.90 Å². The van der Waals surface area contributed by atoms with Crippen LogP contribution in [-0.4, -0.2) is 46.2 Å². The van der Waals surface area contributed by atoms with Crippen LogP contribution in [0.25, 0.3) is 11.1 Å². The second-order valence-corrected chi connectivity index (χ2v) is 14.4. The molecule has 1 aromatic heterocycles. The molecule has 6 nitrogen and oxygen atoms in total. The van der Waals surface area contributed by atoms with Gasteiger partial charge in [-0.15, -0.1) is 0 Å². The van der Waals surface area contributed by atoms with Crippen molar-refractivity contribution in [1.29, 1.82) is 0 Å². The molecule has 0 spiro atoms. The van der Waals surface area contributed by atoms with Crippen LogP contribution < -0.4 is 4.90 Å². The molecule has 0 unspecified atom stereocenters. The summed E-state index contributed by atoms with van der Waals surface area (Å²) < 4.78 is 6.26. The van der Waals surface area contributed by atoms with Crippen molar-refractivity contribution in [2.45, 2.75) is 99.4 Å². The summed E-state index contributed by atoms with van der Waals surface area (Å²) in [4.78, 5) is 22.7. The topological polar surface area (TPSA) is 65.9 Å². The highest BCUT2D eigenvalue weighted by atomic mass is 16.5. The highest BCUT2D eigenvalue weighted by Crippen LogP contribution is 2.45. The summed E-state index contributed by atoms with van der Waals surface area (Å²) in [6, 6.07) is 15.7. The van der Waals surface area contributed by atoms with Gasteiger partial charge in [-0.2, -0.15) is 0 Å². The van der Waals surface area contributed by atoms with E-state index in [-0.39, 0.29) is 5.41 Å². The fourth-order valence-electron chi connectivity index (χ4n) is 6.61. The predicted molar refractivity (Wildman–Crippen MR) is 175 cm³/mol. The maximum absolute atomic E-state index is 12.8. The van der Waals surface area contributed by atoms with Gasteiger partial charge in [-0.25, -0.2) is 4.79 Å². The van der Waals surface area contributed by atoms with E-state index < -0.39 is 17.7 Å². The quantitative estimate of drug-likeness (QED) is 0.306. The average Bonchev–Trinajstić information content (AvgIpc) is 2.92. The molecule has 0 radical (unpaired) electrons. The van der Waals surface area contributed by atoms with Crippen LogP contribution in [0.1, 0.15) is 92.8 Å². The summed E-state index contributed by atoms with van der Waals surface area (Å²) >= 11 is 0. The largest absolute Gasteiger partial charge is 0.479 e. The molecule has 3 aromatic rings. The minimum absolute atomic E-state index is 0.262. The molecule has 2 aliphatic heterocycles. The fraction of sp³-hybridized carbons (Fsp3) is 0.514. The Balaban J connectivity index is 1.56. The number of carbonyl (C=O) groups is 1. The lowest BCUT2D eigenvalue weighted by molar-refractivity contribution is -0.160. The van der Waals surface area contributed by atoms with Crippen molar-refractivity contribution in [1.82, 2.24) is 9.88 Å². The number of anilines is 1. The molecule has 1 fully saturated rings. The van der Waals surface area contributed by atoms with E-state index in [2.05, 4.69) is 80.0 Å². The van der Waals surface area contributed by atoms with E-state index in [1.54, 1.807) is 0 Å². The van der Waals surface area contributed by atoms with Crippen molar-refractivity contribution in [2.75, 3.05) is 24.5 Å². The van der Waals surface area contributed by atoms with Crippen LogP contribution in [0, 0.1) is 26.2 Å². The van der Waals surface area contributed by atoms with E-state index in [0.717, 1.165) is 80.2 Å². The minimum Gasteiger partial charge on any atom is -0.479 e. The molecule has 2 aromatic carbocycles. The molecule has 1 saturated heterocycles. The first-order chi connectivity index (χ1) is 20.2. The molecule has 43 heavy (non-hydrogen) atoms. The number of carboxylic acids is 1. The molecular formula is C37H49N3O3. The molecule has 6 heteroatoms. The van der Waals surface area contributed by atoms with Gasteiger partial charge in [0.05, 0.1) is 11.3 Å². The zero-order valence-electron chi connectivity index (χ0n) is 27.4. The van der Waals surface area contributed by atoms with Crippen LogP contribution in [0.5, 0.6) is 0 Å². The number of rotatable bonds is 7. The standard InChI is InChI=1S/C37H49N3O3/c1-24-9-11-27(12-10-24)22-39-18-15-28-21-29(13-14-30(28)23-39)31-25(2)38-26(3)32(34(35(41)42)43-36(4,5)6)33(31)40-19-16-37(7,8)17-20-40/h9-14,21,34H,15-20,22-23H2,1-8H3,(H,41,42)/t34-/m0/s1. The number of fused-ring (bicyclic) bond motifs is 1. The van der Waals surface area contributed by atoms with Crippen molar-refractivity contribution < 1.29 is 14.6 Å². The lowest BCUT2D eigenvalue weighted by Crippen LogP contribution is -2.39. The fourth-order valence-corrected chi connectivity index (χ4v) is 6.61. The van der Waals surface area contributed by atoms with Gasteiger partial charge in [-0.05, 0) is 88.5 Å². The summed E-state index contributed by atoms with van der Waals surface area (Å²) in [7, 11) is 0. The summed E-state index contributed by atoms with van der Waals surface area (Å²) in [5.74, 6) is -0.979. The molecule has 0 saturated carbocycles. The summed E-state index contributed by atoms with van der Waals surface area (Å²) in [6.45, 7) is 21.1. The van der Waals surface area contributed by atoms with Gasteiger partial charge >= 0.3 is 5.97 Å². The number of aromatic nitrogens is 1. The van der Waals surface area contributed by atoms with Gasteiger partial charge < -0.3 is 14.7 Å². The van der Waals surface area contributed by atoms with Gasteiger partial charge in [0.15, 0.2) is 6.10 Å². The number of hydrogen-bond donors (Lipinski definition) is 1. The maximum Gasteiger partial charge on any atom is 0.337 e. The number of benzene rings is 2. The Morgan fingerprint density at radius 1 is 0.977 bits per heavy atom. The van der Waals surface area contributed by atoms with Crippen molar-refractivity contribution in [3.8, 4) is 11.1 Å². The van der Waals surface area contributed by atoms with E-state index >= 15 is 0 Å². The monoisotopic (exact) mass is 583 g/mol. The van der Waals surface area contributed by atoms with Crippen LogP contribution in [0.4, 0.5) is 5.69 Å². The maximum atomic E-state index is 12.8. The molecule has 5 rings (SSSR count). The minimum atomic E-state index is -1.11. The predicted octanol–water partition coefficient (Wildman–Crippen LogP) is 7.80. The molecule has 1 atom stereocenters. The Morgan fingerprint density at radius 3 is 2.28 bits per heavy atom. The number of piperidine rings is 1. The Morgan fingerprint density at radius 2 is 1.65 bits per heavy atom. The van der Waals surface area contributed by atoms with Crippen molar-refractivity contribution in [2.24, 2.45) is 5.41 Å². The molecule has 3 heterocycles. The van der Waals surface area contributed by atoms with Gasteiger partial charge in [0.1, 0.15) is 0 Å². The van der Waals surface area contributed by atoms with E-state index in [4.69, 9.17) is 9.72 Å². The van der Waals surface area contributed by atoms with Gasteiger partial charge in [0.2, 0.25) is 0 Å². The third-order valence-corrected chi connectivity index (χ3v) is 9.08. The number of hydrogen-bond acceptors (Lipinski definition) is 5. The SMILES string of the molecule is Cc1ccc(CN2CCc3cc(-c4c(C)nc(C)c([C@H](OC(C)(C)C)C(=O)O)c4N4CCC(C)(C)CC4)ccc3C2)cc1. The average molecular weight is 584 g/mol. The number of ether oxygens (including phenoxy) is 1. The van der Waals surface area contributed by atoms with E-state index in [1.165, 1.54) is 22.3 Å². The molecule has 1 N–H and O–H groups in total. The van der Waals surface area contributed by atoms with E-state index in [0.29, 0.717) is 5.56 Å². The molecule has 0 amide bonds. The number of aliphatic carboxylic acids is 1. The normalized spacial score (nSPS) is 17.9. The highest BCUT2D eigenvalue weighted by molar-refractivity contribution is 5.88. The molecule has 2 aliphatic rings. The van der Waals surface area contributed by atoms with Crippen LogP contribution in [-0.2, 0) is 29.0 Å². The first-order valence-corrected chi connectivity index (χ1v) is 15.8. The van der Waals surface area contributed by atoms with Crippen LogP contribution in [0.3, 0.4) is 0 Å². The summed E-state index contributed by atoms with van der Waals surface area (Å²) in [5, 5.41) is 10.5. The lowest BCUT2D eigenvalue weighted by Gasteiger charge is -2.41. The number of carboxylic acid groups (broad SMARTS) is 1. The first kappa shape index (κ1) is 31.2. The molecular weight excluding hydrogens is 534 g/mol. The van der Waals surface area contributed by atoms with E-state index in [1.807, 2.05) is 27.7 Å². The summed E-state index contributed by atoms with van der Waals surface area (Å²) in [5.41, 5.74) is 10.5. The number of pyridine rings is 1. The molecule has 0 bridgehead atoms. The van der Waals surface area contributed by atoms with Crippen molar-refractivity contribution >= 4 is 11.7 Å². The first-order valence-electron chi connectivity index (χ1n) is 15.8. The van der Waals surface area contributed by atoms with Crippen molar-refractivity contribution in [3.05, 3.63) is 81.7 Å². The van der Waals surface area contributed by atoms with Gasteiger partial charge in [0, 0.05) is 55.2 Å². The second-order valence-electron chi connectivity index (χ2n) is 14.4. The van der Waals surface area contributed by atoms with Crippen LogP contribution in [0.15, 0.2) is 42.5 Å². The Bertz CT molecular complexity index is 1480. The van der Waals surface area contributed by atoms with Crippen molar-refractivity contribution in [3.63, 3.8) is 0 Å². The second kappa shape index (κ2) is 12.0. The highest BCUT2D eigenvalue weighted by Gasteiger charge is 2.36. The summed E-state index contributed by atoms with van der Waals surface area (Å²) in [6.07, 6.45) is 1.97. The Labute approximate surface area is 258 Å². The molecule has 230 valence electrons. The Kier molecular flexibility index (Phi) is 8.75. The van der Waals surface area contributed by atoms with Crippen LogP contribution >= 0.6 is 0 Å².